The molecule has 3 N–H and O–H groups in total. The van der Waals surface area contributed by atoms with E-state index in [0.717, 1.165) is 9.13 Å². The van der Waals surface area contributed by atoms with Gasteiger partial charge in [-0.1, -0.05) is 12.1 Å². The highest BCUT2D eigenvalue weighted by molar-refractivity contribution is 14.1. The lowest BCUT2D eigenvalue weighted by Crippen LogP contribution is -2.44. The molecule has 0 fully saturated rings. The molecule has 4 nitrogen and oxygen atoms in total. The van der Waals surface area contributed by atoms with Crippen LogP contribution in [0.2, 0.25) is 0 Å². The fraction of sp³-hybridized carbons (Fsp3) is 0.273. The van der Waals surface area contributed by atoms with Crippen molar-refractivity contribution in [2.24, 2.45) is 5.73 Å². The predicted molar refractivity (Wildman–Crippen MR) is 69.7 cm³/mol. The Morgan fingerprint density at radius 3 is 2.38 bits per heavy atom. The fourth-order valence-corrected chi connectivity index (χ4v) is 1.68. The molecule has 0 aliphatic rings. The van der Waals surface area contributed by atoms with Crippen molar-refractivity contribution < 1.29 is 9.59 Å². The smallest absolute Gasteiger partial charge is 0.240 e. The summed E-state index contributed by atoms with van der Waals surface area (Å²) in [5.74, 6) is -0.775. The third kappa shape index (κ3) is 4.18. The first-order chi connectivity index (χ1) is 7.49. The van der Waals surface area contributed by atoms with Crippen molar-refractivity contribution >= 4 is 34.4 Å². The summed E-state index contributed by atoms with van der Waals surface area (Å²) in [6.45, 7) is 1.36. The van der Waals surface area contributed by atoms with Gasteiger partial charge in [-0.25, -0.2) is 0 Å². The predicted octanol–water partition coefficient (Wildman–Crippen LogP) is 0.824. The maximum atomic E-state index is 11.1. The first kappa shape index (κ1) is 13.0. The van der Waals surface area contributed by atoms with Crippen LogP contribution in [0.15, 0.2) is 24.3 Å². The maximum absolute atomic E-state index is 11.1. The number of rotatable bonds is 4. The van der Waals surface area contributed by atoms with Gasteiger partial charge in [-0.2, -0.15) is 0 Å². The third-order valence-electron chi connectivity index (χ3n) is 2.07. The molecule has 0 aliphatic heterocycles. The van der Waals surface area contributed by atoms with Crippen molar-refractivity contribution in [1.29, 1.82) is 0 Å². The standard InChI is InChI=1S/C11H13IN2O2/c1-7(15)14-10(11(13)16)6-8-2-4-9(12)5-3-8/h2-5,10H,6H2,1H3,(H2,13,16)(H,14,15)/t10-/m0/s1. The molecule has 0 unspecified atom stereocenters. The first-order valence-electron chi connectivity index (χ1n) is 4.80. The van der Waals surface area contributed by atoms with E-state index >= 15 is 0 Å². The molecule has 0 saturated carbocycles. The third-order valence-corrected chi connectivity index (χ3v) is 2.79. The van der Waals surface area contributed by atoms with E-state index in [4.69, 9.17) is 5.73 Å². The van der Waals surface area contributed by atoms with Gasteiger partial charge in [0.05, 0.1) is 0 Å². The molecule has 0 saturated heterocycles. The average Bonchev–Trinajstić information content (AvgIpc) is 2.19. The van der Waals surface area contributed by atoms with E-state index in [-0.39, 0.29) is 5.91 Å². The van der Waals surface area contributed by atoms with Crippen LogP contribution in [0.4, 0.5) is 0 Å². The van der Waals surface area contributed by atoms with Crippen LogP contribution in [-0.4, -0.2) is 17.9 Å². The molecule has 0 bridgehead atoms. The highest BCUT2D eigenvalue weighted by atomic mass is 127. The van der Waals surface area contributed by atoms with Gasteiger partial charge in [-0.3, -0.25) is 9.59 Å². The Bertz CT molecular complexity index is 389. The highest BCUT2D eigenvalue weighted by Crippen LogP contribution is 2.08. The fourth-order valence-electron chi connectivity index (χ4n) is 1.32. The number of benzene rings is 1. The van der Waals surface area contributed by atoms with E-state index in [1.165, 1.54) is 6.92 Å². The Hall–Kier alpha value is -1.11. The highest BCUT2D eigenvalue weighted by Gasteiger charge is 2.16. The molecular weight excluding hydrogens is 319 g/mol. The van der Waals surface area contributed by atoms with Gasteiger partial charge in [-0.05, 0) is 40.3 Å². The molecule has 1 atom stereocenters. The lowest BCUT2D eigenvalue weighted by molar-refractivity contribution is -0.126. The molecule has 0 aromatic heterocycles. The summed E-state index contributed by atoms with van der Waals surface area (Å²) in [6, 6.07) is 7.08. The second-order valence-electron chi connectivity index (χ2n) is 3.49. The zero-order valence-corrected chi connectivity index (χ0v) is 11.0. The summed E-state index contributed by atoms with van der Waals surface area (Å²) >= 11 is 2.20. The molecule has 5 heteroatoms. The van der Waals surface area contributed by atoms with Crippen LogP contribution in [0, 0.1) is 3.57 Å². The summed E-state index contributed by atoms with van der Waals surface area (Å²) in [4.78, 5) is 22.0. The van der Waals surface area contributed by atoms with Crippen LogP contribution in [-0.2, 0) is 16.0 Å². The molecule has 1 aromatic rings. The molecule has 0 heterocycles. The van der Waals surface area contributed by atoms with Gasteiger partial charge in [0.15, 0.2) is 0 Å². The molecule has 0 spiro atoms. The van der Waals surface area contributed by atoms with Crippen LogP contribution in [0.25, 0.3) is 0 Å². The van der Waals surface area contributed by atoms with Crippen LogP contribution in [0.5, 0.6) is 0 Å². The minimum absolute atomic E-state index is 0.255. The number of halogens is 1. The second-order valence-corrected chi connectivity index (χ2v) is 4.73. The van der Waals surface area contributed by atoms with Crippen molar-refractivity contribution in [2.75, 3.05) is 0 Å². The zero-order valence-electron chi connectivity index (χ0n) is 8.87. The van der Waals surface area contributed by atoms with Gasteiger partial charge in [0, 0.05) is 16.9 Å². The number of nitrogens with two attached hydrogens (primary N) is 1. The number of nitrogens with one attached hydrogen (secondary N) is 1. The van der Waals surface area contributed by atoms with Crippen LogP contribution in [0.1, 0.15) is 12.5 Å². The number of amides is 2. The molecule has 1 rings (SSSR count). The van der Waals surface area contributed by atoms with Crippen molar-refractivity contribution in [3.63, 3.8) is 0 Å². The monoisotopic (exact) mass is 332 g/mol. The topological polar surface area (TPSA) is 72.2 Å². The Kier molecular flexibility index (Phi) is 4.72. The lowest BCUT2D eigenvalue weighted by atomic mass is 10.1. The summed E-state index contributed by atoms with van der Waals surface area (Å²) in [7, 11) is 0. The van der Waals surface area contributed by atoms with Gasteiger partial charge in [0.25, 0.3) is 0 Å². The molecule has 1 aromatic carbocycles. The Morgan fingerprint density at radius 2 is 1.94 bits per heavy atom. The zero-order chi connectivity index (χ0) is 12.1. The van der Waals surface area contributed by atoms with Crippen LogP contribution >= 0.6 is 22.6 Å². The number of carbonyl (C=O) groups is 2. The number of hydrogen-bond acceptors (Lipinski definition) is 2. The minimum atomic E-state index is -0.641. The van der Waals surface area contributed by atoms with E-state index in [1.807, 2.05) is 24.3 Å². The number of carbonyl (C=O) groups excluding carboxylic acids is 2. The first-order valence-corrected chi connectivity index (χ1v) is 5.88. The summed E-state index contributed by atoms with van der Waals surface area (Å²) < 4.78 is 1.12. The van der Waals surface area contributed by atoms with E-state index in [2.05, 4.69) is 27.9 Å². The second kappa shape index (κ2) is 5.83. The summed E-state index contributed by atoms with van der Waals surface area (Å²) in [6.07, 6.45) is 0.422. The van der Waals surface area contributed by atoms with E-state index in [1.54, 1.807) is 0 Å². The van der Waals surface area contributed by atoms with Gasteiger partial charge in [0.1, 0.15) is 6.04 Å². The Labute approximate surface area is 108 Å². The normalized spacial score (nSPS) is 11.9. The van der Waals surface area contributed by atoms with Crippen LogP contribution in [0.3, 0.4) is 0 Å². The van der Waals surface area contributed by atoms with Gasteiger partial charge >= 0.3 is 0 Å². The van der Waals surface area contributed by atoms with Crippen molar-refractivity contribution in [1.82, 2.24) is 5.32 Å². The van der Waals surface area contributed by atoms with Crippen LogP contribution < -0.4 is 11.1 Å². The maximum Gasteiger partial charge on any atom is 0.240 e. The minimum Gasteiger partial charge on any atom is -0.368 e. The molecule has 0 aliphatic carbocycles. The van der Waals surface area contributed by atoms with Gasteiger partial charge in [0.2, 0.25) is 11.8 Å². The Morgan fingerprint density at radius 1 is 1.38 bits per heavy atom. The number of hydrogen-bond donors (Lipinski definition) is 2. The van der Waals surface area contributed by atoms with Crippen molar-refractivity contribution in [3.05, 3.63) is 33.4 Å². The summed E-state index contributed by atoms with van der Waals surface area (Å²) in [5, 5.41) is 2.53. The van der Waals surface area contributed by atoms with Gasteiger partial charge < -0.3 is 11.1 Å². The van der Waals surface area contributed by atoms with Crippen molar-refractivity contribution in [2.45, 2.75) is 19.4 Å². The lowest BCUT2D eigenvalue weighted by Gasteiger charge is -2.14. The molecule has 86 valence electrons. The average molecular weight is 332 g/mol. The van der Waals surface area contributed by atoms with Gasteiger partial charge in [-0.15, -0.1) is 0 Å². The molecular formula is C11H13IN2O2. The van der Waals surface area contributed by atoms with E-state index in [0.29, 0.717) is 6.42 Å². The van der Waals surface area contributed by atoms with E-state index in [9.17, 15) is 9.59 Å². The molecule has 2 amide bonds. The summed E-state index contributed by atoms with van der Waals surface area (Å²) in [5.41, 5.74) is 6.18. The van der Waals surface area contributed by atoms with Crippen molar-refractivity contribution in [3.8, 4) is 0 Å². The SMILES string of the molecule is CC(=O)N[C@@H](Cc1ccc(I)cc1)C(N)=O. The number of primary amides is 1. The Balaban J connectivity index is 2.71. The largest absolute Gasteiger partial charge is 0.368 e. The van der Waals surface area contributed by atoms with E-state index < -0.39 is 11.9 Å². The molecule has 0 radical (unpaired) electrons. The molecule has 16 heavy (non-hydrogen) atoms. The quantitative estimate of drug-likeness (QED) is 0.802.